The first-order valence-corrected chi connectivity index (χ1v) is 8.46. The van der Waals surface area contributed by atoms with E-state index in [0.29, 0.717) is 29.6 Å². The zero-order chi connectivity index (χ0) is 19.1. The fourth-order valence-electron chi connectivity index (χ4n) is 2.39. The summed E-state index contributed by atoms with van der Waals surface area (Å²) >= 11 is 0. The number of benzene rings is 2. The third-order valence-electron chi connectivity index (χ3n) is 3.68. The zero-order valence-corrected chi connectivity index (χ0v) is 15.1. The average Bonchev–Trinajstić information content (AvgIpc) is 2.70. The predicted octanol–water partition coefficient (Wildman–Crippen LogP) is 3.88. The Bertz CT molecular complexity index is 913. The molecule has 2 N–H and O–H groups in total. The van der Waals surface area contributed by atoms with Crippen LogP contribution in [0.15, 0.2) is 60.9 Å². The molecule has 7 heteroatoms. The first kappa shape index (κ1) is 18.2. The minimum absolute atomic E-state index is 0.310. The van der Waals surface area contributed by atoms with Gasteiger partial charge in [-0.3, -0.25) is 4.79 Å². The summed E-state index contributed by atoms with van der Waals surface area (Å²) in [5.74, 6) is 1.42. The normalized spacial score (nSPS) is 10.1. The van der Waals surface area contributed by atoms with Crippen LogP contribution in [0.3, 0.4) is 0 Å². The highest BCUT2D eigenvalue weighted by Gasteiger charge is 2.11. The van der Waals surface area contributed by atoms with E-state index in [2.05, 4.69) is 20.6 Å². The molecule has 7 nitrogen and oxygen atoms in total. The number of ether oxygens (including phenoxy) is 2. The van der Waals surface area contributed by atoms with E-state index >= 15 is 0 Å². The number of carbonyl (C=O) groups excluding carboxylic acids is 1. The topological polar surface area (TPSA) is 85.4 Å². The van der Waals surface area contributed by atoms with Gasteiger partial charge in [0.05, 0.1) is 25.0 Å². The first-order valence-electron chi connectivity index (χ1n) is 8.46. The molecule has 27 heavy (non-hydrogen) atoms. The van der Waals surface area contributed by atoms with Crippen LogP contribution in [0.4, 0.5) is 17.3 Å². The van der Waals surface area contributed by atoms with Gasteiger partial charge in [-0.1, -0.05) is 18.2 Å². The number of para-hydroxylation sites is 2. The molecule has 0 saturated heterocycles. The van der Waals surface area contributed by atoms with Gasteiger partial charge in [0.25, 0.3) is 5.91 Å². The second-order valence-electron chi connectivity index (χ2n) is 5.54. The maximum atomic E-state index is 12.4. The maximum absolute atomic E-state index is 12.4. The third kappa shape index (κ3) is 4.72. The lowest BCUT2D eigenvalue weighted by atomic mass is 10.2. The van der Waals surface area contributed by atoms with Crippen LogP contribution in [0.1, 0.15) is 17.3 Å². The Morgan fingerprint density at radius 2 is 1.85 bits per heavy atom. The Morgan fingerprint density at radius 3 is 2.59 bits per heavy atom. The van der Waals surface area contributed by atoms with Gasteiger partial charge in [-0.2, -0.15) is 0 Å². The summed E-state index contributed by atoms with van der Waals surface area (Å²) in [6.45, 7) is 2.40. The van der Waals surface area contributed by atoms with Crippen molar-refractivity contribution in [1.82, 2.24) is 9.97 Å². The molecule has 138 valence electrons. The van der Waals surface area contributed by atoms with Crippen LogP contribution in [-0.2, 0) is 0 Å². The first-order chi connectivity index (χ1) is 13.2. The number of carbonyl (C=O) groups is 1. The molecule has 0 aliphatic carbocycles. The molecular formula is C20H20N4O3. The molecule has 0 unspecified atom stereocenters. The van der Waals surface area contributed by atoms with Gasteiger partial charge < -0.3 is 20.1 Å². The molecule has 0 aliphatic heterocycles. The molecule has 0 fully saturated rings. The van der Waals surface area contributed by atoms with Crippen LogP contribution in [-0.4, -0.2) is 29.6 Å². The number of nitrogens with one attached hydrogen (secondary N) is 2. The predicted molar refractivity (Wildman–Crippen MR) is 104 cm³/mol. The van der Waals surface area contributed by atoms with Crippen LogP contribution >= 0.6 is 0 Å². The van der Waals surface area contributed by atoms with E-state index < -0.39 is 0 Å². The fraction of sp³-hybridized carbons (Fsp3) is 0.150. The largest absolute Gasteiger partial charge is 0.497 e. The van der Waals surface area contributed by atoms with E-state index in [9.17, 15) is 4.79 Å². The Balaban J connectivity index is 1.68. The van der Waals surface area contributed by atoms with Crippen molar-refractivity contribution in [3.63, 3.8) is 0 Å². The second-order valence-corrected chi connectivity index (χ2v) is 5.54. The lowest BCUT2D eigenvalue weighted by Crippen LogP contribution is -2.14. The van der Waals surface area contributed by atoms with Crippen molar-refractivity contribution in [3.8, 4) is 11.5 Å². The zero-order valence-electron chi connectivity index (χ0n) is 15.1. The number of anilines is 3. The quantitative estimate of drug-likeness (QED) is 0.662. The number of nitrogens with zero attached hydrogens (tertiary/aromatic N) is 2. The summed E-state index contributed by atoms with van der Waals surface area (Å²) in [7, 11) is 1.60. The standard InChI is InChI=1S/C20H20N4O3/c1-3-27-18-10-5-4-9-17(18)24-19(25)14-12-21-20(22-13-14)23-15-7-6-8-16(11-15)26-2/h4-13H,3H2,1-2H3,(H,24,25)(H,21,22,23). The summed E-state index contributed by atoms with van der Waals surface area (Å²) in [5.41, 5.74) is 1.73. The van der Waals surface area contributed by atoms with Gasteiger partial charge in [-0.15, -0.1) is 0 Å². The van der Waals surface area contributed by atoms with Crippen molar-refractivity contribution in [2.45, 2.75) is 6.92 Å². The lowest BCUT2D eigenvalue weighted by molar-refractivity contribution is 0.102. The molecule has 3 aromatic rings. The van der Waals surface area contributed by atoms with Crippen molar-refractivity contribution in [2.75, 3.05) is 24.4 Å². The van der Waals surface area contributed by atoms with Crippen LogP contribution in [0.25, 0.3) is 0 Å². The Labute approximate surface area is 157 Å². The van der Waals surface area contributed by atoms with Crippen molar-refractivity contribution >= 4 is 23.2 Å². The fourth-order valence-corrected chi connectivity index (χ4v) is 2.39. The average molecular weight is 364 g/mol. The summed E-state index contributed by atoms with van der Waals surface area (Å²) in [6, 6.07) is 14.7. The van der Waals surface area contributed by atoms with E-state index in [1.807, 2.05) is 43.3 Å². The van der Waals surface area contributed by atoms with E-state index in [4.69, 9.17) is 9.47 Å². The van der Waals surface area contributed by atoms with Gasteiger partial charge in [0.1, 0.15) is 11.5 Å². The molecule has 0 radical (unpaired) electrons. The molecule has 0 bridgehead atoms. The summed E-state index contributed by atoms with van der Waals surface area (Å²) in [6.07, 6.45) is 2.93. The number of aromatic nitrogens is 2. The number of amides is 1. The Hall–Kier alpha value is -3.61. The lowest BCUT2D eigenvalue weighted by Gasteiger charge is -2.11. The highest BCUT2D eigenvalue weighted by molar-refractivity contribution is 6.04. The molecule has 1 heterocycles. The van der Waals surface area contributed by atoms with Gasteiger partial charge in [-0.25, -0.2) is 9.97 Å². The second kappa shape index (κ2) is 8.66. The smallest absolute Gasteiger partial charge is 0.258 e. The highest BCUT2D eigenvalue weighted by Crippen LogP contribution is 2.24. The summed E-state index contributed by atoms with van der Waals surface area (Å²) in [4.78, 5) is 20.8. The molecule has 0 spiro atoms. The van der Waals surface area contributed by atoms with E-state index in [1.54, 1.807) is 19.2 Å². The number of hydrogen-bond acceptors (Lipinski definition) is 6. The minimum Gasteiger partial charge on any atom is -0.497 e. The van der Waals surface area contributed by atoms with Crippen molar-refractivity contribution < 1.29 is 14.3 Å². The van der Waals surface area contributed by atoms with Crippen LogP contribution in [0, 0.1) is 0 Å². The molecule has 0 saturated carbocycles. The monoisotopic (exact) mass is 364 g/mol. The molecule has 0 aliphatic rings. The maximum Gasteiger partial charge on any atom is 0.258 e. The van der Waals surface area contributed by atoms with Crippen molar-refractivity contribution in [2.24, 2.45) is 0 Å². The van der Waals surface area contributed by atoms with Crippen LogP contribution < -0.4 is 20.1 Å². The summed E-state index contributed by atoms with van der Waals surface area (Å²) < 4.78 is 10.7. The van der Waals surface area contributed by atoms with Gasteiger partial charge in [0.15, 0.2) is 0 Å². The Kier molecular flexibility index (Phi) is 5.84. The van der Waals surface area contributed by atoms with Gasteiger partial charge in [-0.05, 0) is 31.2 Å². The van der Waals surface area contributed by atoms with Crippen molar-refractivity contribution in [3.05, 3.63) is 66.5 Å². The molecule has 1 amide bonds. The van der Waals surface area contributed by atoms with Crippen molar-refractivity contribution in [1.29, 1.82) is 0 Å². The molecule has 2 aromatic carbocycles. The molecule has 3 rings (SSSR count). The van der Waals surface area contributed by atoms with E-state index in [0.717, 1.165) is 11.4 Å². The SMILES string of the molecule is CCOc1ccccc1NC(=O)c1cnc(Nc2cccc(OC)c2)nc1. The molecule has 1 aromatic heterocycles. The van der Waals surface area contributed by atoms with Gasteiger partial charge in [0.2, 0.25) is 5.95 Å². The van der Waals surface area contributed by atoms with Crippen LogP contribution in [0.5, 0.6) is 11.5 Å². The minimum atomic E-state index is -0.310. The van der Waals surface area contributed by atoms with Gasteiger partial charge in [0, 0.05) is 24.1 Å². The van der Waals surface area contributed by atoms with Gasteiger partial charge >= 0.3 is 0 Å². The molecule has 0 atom stereocenters. The third-order valence-corrected chi connectivity index (χ3v) is 3.68. The number of rotatable bonds is 7. The van der Waals surface area contributed by atoms with Crippen LogP contribution in [0.2, 0.25) is 0 Å². The number of hydrogen-bond donors (Lipinski definition) is 2. The molecular weight excluding hydrogens is 344 g/mol. The van der Waals surface area contributed by atoms with E-state index in [1.165, 1.54) is 12.4 Å². The highest BCUT2D eigenvalue weighted by atomic mass is 16.5. The number of methoxy groups -OCH3 is 1. The Morgan fingerprint density at radius 1 is 1.07 bits per heavy atom. The summed E-state index contributed by atoms with van der Waals surface area (Å²) in [5, 5.41) is 5.88. The van der Waals surface area contributed by atoms with E-state index in [-0.39, 0.29) is 5.91 Å².